The number of ether oxygens (including phenoxy) is 6. The topological polar surface area (TPSA) is 182 Å². The van der Waals surface area contributed by atoms with Gasteiger partial charge in [0.25, 0.3) is 6.54 Å². The number of nitrogens with zero attached hydrogens (tertiary/aromatic N) is 4. The van der Waals surface area contributed by atoms with Crippen molar-refractivity contribution in [1.29, 1.82) is 15.8 Å². The minimum Gasteiger partial charge on any atom is -0.469 e. The van der Waals surface area contributed by atoms with Crippen molar-refractivity contribution in [1.82, 2.24) is 0 Å². The number of methoxy groups -OCH3 is 3. The van der Waals surface area contributed by atoms with Crippen LogP contribution in [0, 0.1) is 57.8 Å². The van der Waals surface area contributed by atoms with Gasteiger partial charge in [-0.3, -0.25) is 14.4 Å². The Bertz CT molecular complexity index is 904. The number of hydrogen-bond acceptors (Lipinski definition) is 12. The number of halogens is 1. The van der Waals surface area contributed by atoms with Gasteiger partial charge in [0, 0.05) is 19.8 Å². The zero-order valence-corrected chi connectivity index (χ0v) is 23.2. The highest BCUT2D eigenvalue weighted by molar-refractivity contribution is 9.10. The van der Waals surface area contributed by atoms with Gasteiger partial charge in [-0.05, 0) is 19.3 Å². The Labute approximate surface area is 230 Å². The lowest BCUT2D eigenvalue weighted by atomic mass is 9.76. The predicted molar refractivity (Wildman–Crippen MR) is 132 cm³/mol. The first-order chi connectivity index (χ1) is 18.2. The molecule has 3 saturated heterocycles. The maximum absolute atomic E-state index is 11.5. The van der Waals surface area contributed by atoms with E-state index < -0.39 is 21.6 Å². The minimum absolute atomic E-state index is 0.00463. The molecule has 3 atom stereocenters. The summed E-state index contributed by atoms with van der Waals surface area (Å²) in [5.41, 5.74) is -1.09. The summed E-state index contributed by atoms with van der Waals surface area (Å²) in [6, 6.07) is 5.28. The van der Waals surface area contributed by atoms with Gasteiger partial charge >= 0.3 is 17.9 Å². The van der Waals surface area contributed by atoms with Gasteiger partial charge in [0.1, 0.15) is 15.8 Å². The molecular formula is C24H31BrN4O9. The normalized spacial score (nSPS) is 24.6. The van der Waals surface area contributed by atoms with Crippen LogP contribution in [0.2, 0.25) is 0 Å². The van der Waals surface area contributed by atoms with Gasteiger partial charge in [-0.1, -0.05) is 15.9 Å². The van der Waals surface area contributed by atoms with Crippen LogP contribution in [-0.2, 0) is 42.8 Å². The number of hydrogen-bond donors (Lipinski definition) is 0. The number of nitriles is 3. The highest BCUT2D eigenvalue weighted by Crippen LogP contribution is 2.37. The molecule has 0 aliphatic carbocycles. The van der Waals surface area contributed by atoms with Crippen LogP contribution in [0.15, 0.2) is 0 Å². The lowest BCUT2D eigenvalue weighted by Gasteiger charge is -2.24. The summed E-state index contributed by atoms with van der Waals surface area (Å²) in [5, 5.41) is 25.1. The highest BCUT2D eigenvalue weighted by Gasteiger charge is 2.50. The Kier molecular flexibility index (Phi) is 17.3. The van der Waals surface area contributed by atoms with E-state index in [1.165, 1.54) is 21.3 Å². The van der Waals surface area contributed by atoms with E-state index in [-0.39, 0.29) is 31.0 Å². The third-order valence-corrected chi connectivity index (χ3v) is 6.54. The SMILES string of the molecule is COC(=O)C1(Br)CCOC1.COC(=O)C1(C(C#N)C#N)CCOC1.COC(=O)C1CCOC1.[C-]#[N+]CC#N. The minimum atomic E-state index is -1.09. The first kappa shape index (κ1) is 34.7. The molecule has 0 aromatic heterocycles. The van der Waals surface area contributed by atoms with Gasteiger partial charge < -0.3 is 33.3 Å². The molecule has 3 aliphatic heterocycles. The lowest BCUT2D eigenvalue weighted by molar-refractivity contribution is -0.154. The van der Waals surface area contributed by atoms with Crippen LogP contribution < -0.4 is 0 Å². The molecule has 0 bridgehead atoms. The Hall–Kier alpha value is -3.27. The first-order valence-electron chi connectivity index (χ1n) is 11.3. The van der Waals surface area contributed by atoms with Crippen LogP contribution >= 0.6 is 15.9 Å². The van der Waals surface area contributed by atoms with E-state index >= 15 is 0 Å². The number of carbonyl (C=O) groups excluding carboxylic acids is 3. The summed E-state index contributed by atoms with van der Waals surface area (Å²) in [7, 11) is 4.03. The van der Waals surface area contributed by atoms with E-state index in [0.29, 0.717) is 45.9 Å². The maximum Gasteiger partial charge on any atom is 0.325 e. The molecule has 38 heavy (non-hydrogen) atoms. The Morgan fingerprint density at radius 3 is 1.92 bits per heavy atom. The third-order valence-electron chi connectivity index (χ3n) is 5.59. The van der Waals surface area contributed by atoms with Gasteiger partial charge in [0.05, 0.1) is 59.2 Å². The van der Waals surface area contributed by atoms with Gasteiger partial charge in [0.15, 0.2) is 5.92 Å². The van der Waals surface area contributed by atoms with E-state index in [1.807, 2.05) is 12.1 Å². The first-order valence-corrected chi connectivity index (χ1v) is 12.1. The van der Waals surface area contributed by atoms with Crippen LogP contribution in [0.25, 0.3) is 4.85 Å². The van der Waals surface area contributed by atoms with Crippen molar-refractivity contribution in [2.24, 2.45) is 17.3 Å². The summed E-state index contributed by atoms with van der Waals surface area (Å²) >= 11 is 3.27. The number of alkyl halides is 1. The molecule has 3 fully saturated rings. The van der Waals surface area contributed by atoms with Crippen LogP contribution in [0.4, 0.5) is 0 Å². The Morgan fingerprint density at radius 1 is 0.974 bits per heavy atom. The predicted octanol–water partition coefficient (Wildman–Crippen LogP) is 1.57. The molecule has 3 aliphatic rings. The summed E-state index contributed by atoms with van der Waals surface area (Å²) in [6.07, 6.45) is 1.87. The fourth-order valence-electron chi connectivity index (χ4n) is 3.37. The zero-order chi connectivity index (χ0) is 29.0. The van der Waals surface area contributed by atoms with E-state index in [2.05, 4.69) is 35.0 Å². The van der Waals surface area contributed by atoms with E-state index in [0.717, 1.165) is 6.42 Å². The highest BCUT2D eigenvalue weighted by atomic mass is 79.9. The smallest absolute Gasteiger partial charge is 0.325 e. The molecule has 0 aromatic rings. The second-order valence-corrected chi connectivity index (χ2v) is 9.48. The molecule has 13 nitrogen and oxygen atoms in total. The lowest BCUT2D eigenvalue weighted by Crippen LogP contribution is -2.39. The number of carbonyl (C=O) groups is 3. The van der Waals surface area contributed by atoms with Crippen molar-refractivity contribution in [3.8, 4) is 18.2 Å². The van der Waals surface area contributed by atoms with E-state index in [9.17, 15) is 14.4 Å². The van der Waals surface area contributed by atoms with Gasteiger partial charge in [-0.2, -0.15) is 15.8 Å². The number of rotatable bonds is 4. The molecule has 208 valence electrons. The summed E-state index contributed by atoms with van der Waals surface area (Å²) in [5.74, 6) is -1.94. The summed E-state index contributed by atoms with van der Waals surface area (Å²) < 4.78 is 28.2. The summed E-state index contributed by atoms with van der Waals surface area (Å²) in [6.45, 7) is 8.73. The molecule has 0 N–H and O–H groups in total. The van der Waals surface area contributed by atoms with Crippen molar-refractivity contribution in [3.63, 3.8) is 0 Å². The fourth-order valence-corrected chi connectivity index (χ4v) is 3.86. The molecule has 3 rings (SSSR count). The molecule has 14 heteroatoms. The van der Waals surface area contributed by atoms with Crippen LogP contribution in [0.5, 0.6) is 0 Å². The Balaban J connectivity index is 0.000000508. The quantitative estimate of drug-likeness (QED) is 0.150. The third kappa shape index (κ3) is 10.6. The van der Waals surface area contributed by atoms with Crippen molar-refractivity contribution in [2.45, 2.75) is 23.6 Å². The summed E-state index contributed by atoms with van der Waals surface area (Å²) in [4.78, 5) is 35.9. The van der Waals surface area contributed by atoms with Crippen molar-refractivity contribution >= 4 is 33.8 Å². The van der Waals surface area contributed by atoms with E-state index in [1.54, 1.807) is 6.07 Å². The molecule has 0 aromatic carbocycles. The molecule has 0 radical (unpaired) electrons. The monoisotopic (exact) mass is 598 g/mol. The maximum atomic E-state index is 11.5. The average molecular weight is 599 g/mol. The standard InChI is InChI=1S/C9H10N2O3.C6H9BrO3.C6H10O3.C3H2N2/c1-13-8(12)9(2-3-14-6-9)7(4-10)5-11;1-9-5(8)6(7)2-3-10-4-6;1-8-6(7)5-2-3-9-4-5;1-5-3-2-4/h7H,2-3,6H2,1H3;2-4H2,1H3;5H,2-4H2,1H3;3H2. The largest absolute Gasteiger partial charge is 0.469 e. The molecule has 3 heterocycles. The van der Waals surface area contributed by atoms with Crippen molar-refractivity contribution in [2.75, 3.05) is 67.5 Å². The molecule has 0 spiro atoms. The average Bonchev–Trinajstić information content (AvgIpc) is 3.73. The van der Waals surface area contributed by atoms with Crippen LogP contribution in [-0.4, -0.2) is 89.7 Å². The molecular weight excluding hydrogens is 568 g/mol. The van der Waals surface area contributed by atoms with Gasteiger partial charge in [0.2, 0.25) is 0 Å². The van der Waals surface area contributed by atoms with Crippen LogP contribution in [0.3, 0.4) is 0 Å². The number of esters is 3. The van der Waals surface area contributed by atoms with Crippen LogP contribution in [0.1, 0.15) is 19.3 Å². The molecule has 3 unspecified atom stereocenters. The second-order valence-electron chi connectivity index (χ2n) is 7.96. The van der Waals surface area contributed by atoms with Crippen molar-refractivity contribution < 1.29 is 42.8 Å². The second kappa shape index (κ2) is 18.9. The van der Waals surface area contributed by atoms with Gasteiger partial charge in [-0.15, -0.1) is 0 Å². The van der Waals surface area contributed by atoms with Gasteiger partial charge in [-0.25, -0.2) is 6.57 Å². The Morgan fingerprint density at radius 2 is 1.58 bits per heavy atom. The zero-order valence-electron chi connectivity index (χ0n) is 21.6. The fraction of sp³-hybridized carbons (Fsp3) is 0.708. The molecule has 0 amide bonds. The van der Waals surface area contributed by atoms with Crippen molar-refractivity contribution in [3.05, 3.63) is 11.4 Å². The molecule has 0 saturated carbocycles. The van der Waals surface area contributed by atoms with E-state index in [4.69, 9.17) is 36.6 Å².